The van der Waals surface area contributed by atoms with Gasteiger partial charge in [0.1, 0.15) is 5.69 Å². The predicted molar refractivity (Wildman–Crippen MR) is 75.6 cm³/mol. The van der Waals surface area contributed by atoms with Crippen molar-refractivity contribution in [1.82, 2.24) is 4.98 Å². The number of benzene rings is 1. The number of carboxylic acids is 1. The molecule has 0 bridgehead atoms. The number of pyridine rings is 1. The van der Waals surface area contributed by atoms with Gasteiger partial charge in [0.05, 0.1) is 10.6 Å². The molecule has 0 atom stereocenters. The molecule has 5 nitrogen and oxygen atoms in total. The van der Waals surface area contributed by atoms with Crippen LogP contribution in [0.3, 0.4) is 0 Å². The van der Waals surface area contributed by atoms with Gasteiger partial charge >= 0.3 is 5.97 Å². The number of carbonyl (C=O) groups is 2. The lowest BCUT2D eigenvalue weighted by atomic mass is 10.2. The quantitative estimate of drug-likeness (QED) is 0.911. The molecular weight excluding hydrogens is 303 g/mol. The van der Waals surface area contributed by atoms with Crippen LogP contribution in [0.15, 0.2) is 36.5 Å². The fraction of sp³-hybridized carbons (Fsp3) is 0. The van der Waals surface area contributed by atoms with Crippen molar-refractivity contribution >= 4 is 40.8 Å². The van der Waals surface area contributed by atoms with E-state index in [9.17, 15) is 9.59 Å². The number of anilines is 1. The smallest absolute Gasteiger partial charge is 0.354 e. The van der Waals surface area contributed by atoms with Crippen LogP contribution < -0.4 is 5.32 Å². The van der Waals surface area contributed by atoms with E-state index in [1.165, 1.54) is 36.5 Å². The summed E-state index contributed by atoms with van der Waals surface area (Å²) in [5.41, 5.74) is 0.392. The summed E-state index contributed by atoms with van der Waals surface area (Å²) < 4.78 is 0. The van der Waals surface area contributed by atoms with Crippen molar-refractivity contribution in [3.63, 3.8) is 0 Å². The highest BCUT2D eigenvalue weighted by molar-refractivity contribution is 6.37. The zero-order valence-electron chi connectivity index (χ0n) is 9.93. The van der Waals surface area contributed by atoms with E-state index in [0.717, 1.165) is 0 Å². The summed E-state index contributed by atoms with van der Waals surface area (Å²) >= 11 is 11.7. The van der Waals surface area contributed by atoms with Gasteiger partial charge in [-0.3, -0.25) is 4.79 Å². The van der Waals surface area contributed by atoms with E-state index >= 15 is 0 Å². The lowest BCUT2D eigenvalue weighted by molar-refractivity contribution is 0.0690. The Labute approximate surface area is 124 Å². The molecule has 0 aliphatic heterocycles. The monoisotopic (exact) mass is 310 g/mol. The molecule has 0 fully saturated rings. The van der Waals surface area contributed by atoms with Crippen molar-refractivity contribution in [2.24, 2.45) is 0 Å². The van der Waals surface area contributed by atoms with Crippen LogP contribution in [0.4, 0.5) is 5.69 Å². The van der Waals surface area contributed by atoms with Crippen molar-refractivity contribution in [1.29, 1.82) is 0 Å². The van der Waals surface area contributed by atoms with Crippen LogP contribution in [-0.2, 0) is 0 Å². The summed E-state index contributed by atoms with van der Waals surface area (Å²) in [5, 5.41) is 12.0. The minimum absolute atomic E-state index is 0.162. The molecule has 1 aromatic heterocycles. The fourth-order valence-corrected chi connectivity index (χ4v) is 1.99. The predicted octanol–water partition coefficient (Wildman–Crippen LogP) is 3.34. The first kappa shape index (κ1) is 14.3. The maximum absolute atomic E-state index is 12.0. The Morgan fingerprint density at radius 2 is 1.90 bits per heavy atom. The number of nitrogens with zero attached hydrogens (tertiary/aromatic N) is 1. The molecule has 0 aliphatic carbocycles. The minimum atomic E-state index is -1.18. The van der Waals surface area contributed by atoms with Gasteiger partial charge in [-0.15, -0.1) is 0 Å². The van der Waals surface area contributed by atoms with Crippen LogP contribution in [0.5, 0.6) is 0 Å². The molecule has 1 amide bonds. The molecule has 7 heteroatoms. The minimum Gasteiger partial charge on any atom is -0.477 e. The molecule has 20 heavy (non-hydrogen) atoms. The molecule has 2 N–H and O–H groups in total. The van der Waals surface area contributed by atoms with E-state index < -0.39 is 11.9 Å². The van der Waals surface area contributed by atoms with E-state index in [4.69, 9.17) is 28.3 Å². The first-order valence-corrected chi connectivity index (χ1v) is 6.18. The Morgan fingerprint density at radius 3 is 2.55 bits per heavy atom. The van der Waals surface area contributed by atoms with E-state index in [1.807, 2.05) is 0 Å². The first-order valence-electron chi connectivity index (χ1n) is 5.43. The molecule has 0 spiro atoms. The molecule has 2 aromatic rings. The number of carbonyl (C=O) groups excluding carboxylic acids is 1. The Hall–Kier alpha value is -2.11. The molecular formula is C13H8Cl2N2O3. The summed E-state index contributed by atoms with van der Waals surface area (Å²) in [7, 11) is 0. The maximum Gasteiger partial charge on any atom is 0.354 e. The van der Waals surface area contributed by atoms with Gasteiger partial charge in [-0.25, -0.2) is 9.78 Å². The second-order valence-corrected chi connectivity index (χ2v) is 4.66. The second-order valence-electron chi connectivity index (χ2n) is 3.81. The number of aromatic nitrogens is 1. The molecule has 0 unspecified atom stereocenters. The van der Waals surface area contributed by atoms with Gasteiger partial charge in [-0.1, -0.05) is 23.2 Å². The number of hydrogen-bond acceptors (Lipinski definition) is 3. The van der Waals surface area contributed by atoms with E-state index in [0.29, 0.717) is 10.7 Å². The zero-order valence-corrected chi connectivity index (χ0v) is 11.4. The van der Waals surface area contributed by atoms with Gasteiger partial charge in [0.25, 0.3) is 5.91 Å². The SMILES string of the molecule is O=C(O)c1cc(NC(=O)c2ccc(Cl)cc2Cl)ccn1. The summed E-state index contributed by atoms with van der Waals surface area (Å²) in [4.78, 5) is 26.5. The van der Waals surface area contributed by atoms with Crippen molar-refractivity contribution in [2.75, 3.05) is 5.32 Å². The highest BCUT2D eigenvalue weighted by Gasteiger charge is 2.12. The average molecular weight is 311 g/mol. The van der Waals surface area contributed by atoms with Crippen molar-refractivity contribution < 1.29 is 14.7 Å². The number of halogens is 2. The first-order chi connectivity index (χ1) is 9.47. The number of hydrogen-bond donors (Lipinski definition) is 2. The molecule has 0 saturated heterocycles. The van der Waals surface area contributed by atoms with Crippen LogP contribution in [0.25, 0.3) is 0 Å². The topological polar surface area (TPSA) is 79.3 Å². The maximum atomic E-state index is 12.0. The lowest BCUT2D eigenvalue weighted by Gasteiger charge is -2.07. The summed E-state index contributed by atoms with van der Waals surface area (Å²) in [6, 6.07) is 7.21. The standard InChI is InChI=1S/C13H8Cl2N2O3/c14-7-1-2-9(10(15)5-7)12(18)17-8-3-4-16-11(6-8)13(19)20/h1-6H,(H,19,20)(H,16,17,18). The van der Waals surface area contributed by atoms with E-state index in [2.05, 4.69) is 10.3 Å². The highest BCUT2D eigenvalue weighted by Crippen LogP contribution is 2.22. The zero-order chi connectivity index (χ0) is 14.7. The molecule has 0 saturated carbocycles. The molecule has 2 rings (SSSR count). The third-order valence-electron chi connectivity index (χ3n) is 2.41. The number of rotatable bonds is 3. The summed E-state index contributed by atoms with van der Waals surface area (Å²) in [6.07, 6.45) is 1.29. The number of nitrogens with one attached hydrogen (secondary N) is 1. The van der Waals surface area contributed by atoms with Gasteiger partial charge < -0.3 is 10.4 Å². The molecule has 102 valence electrons. The van der Waals surface area contributed by atoms with Gasteiger partial charge in [-0.05, 0) is 30.3 Å². The van der Waals surface area contributed by atoms with Gasteiger partial charge in [0, 0.05) is 16.9 Å². The summed E-state index contributed by atoms with van der Waals surface area (Å²) in [6.45, 7) is 0. The Kier molecular flexibility index (Phi) is 4.22. The van der Waals surface area contributed by atoms with Crippen LogP contribution in [0.1, 0.15) is 20.8 Å². The van der Waals surface area contributed by atoms with Crippen molar-refractivity contribution in [3.8, 4) is 0 Å². The normalized spacial score (nSPS) is 10.1. The summed E-state index contributed by atoms with van der Waals surface area (Å²) in [5.74, 6) is -1.64. The van der Waals surface area contributed by atoms with E-state index in [1.54, 1.807) is 0 Å². The molecule has 1 heterocycles. The van der Waals surface area contributed by atoms with Crippen LogP contribution >= 0.6 is 23.2 Å². The van der Waals surface area contributed by atoms with Gasteiger partial charge in [0.15, 0.2) is 0 Å². The van der Waals surface area contributed by atoms with Crippen LogP contribution in [0, 0.1) is 0 Å². The van der Waals surface area contributed by atoms with Crippen molar-refractivity contribution in [2.45, 2.75) is 0 Å². The number of carboxylic acid groups (broad SMARTS) is 1. The largest absolute Gasteiger partial charge is 0.477 e. The van der Waals surface area contributed by atoms with Crippen molar-refractivity contribution in [3.05, 3.63) is 57.8 Å². The molecule has 1 aromatic carbocycles. The fourth-order valence-electron chi connectivity index (χ4n) is 1.50. The van der Waals surface area contributed by atoms with Gasteiger partial charge in [-0.2, -0.15) is 0 Å². The van der Waals surface area contributed by atoms with Gasteiger partial charge in [0.2, 0.25) is 0 Å². The Balaban J connectivity index is 2.23. The second kappa shape index (κ2) is 5.90. The highest BCUT2D eigenvalue weighted by atomic mass is 35.5. The Morgan fingerprint density at radius 1 is 1.15 bits per heavy atom. The number of aromatic carboxylic acids is 1. The Bertz CT molecular complexity index is 689. The average Bonchev–Trinajstić information content (AvgIpc) is 2.38. The van der Waals surface area contributed by atoms with E-state index in [-0.39, 0.29) is 16.3 Å². The van der Waals surface area contributed by atoms with Crippen LogP contribution in [0.2, 0.25) is 10.0 Å². The third kappa shape index (κ3) is 3.26. The number of amides is 1. The molecule has 0 aliphatic rings. The lowest BCUT2D eigenvalue weighted by Crippen LogP contribution is -2.13. The molecule has 0 radical (unpaired) electrons. The van der Waals surface area contributed by atoms with Crippen LogP contribution in [-0.4, -0.2) is 22.0 Å². The third-order valence-corrected chi connectivity index (χ3v) is 2.96.